The van der Waals surface area contributed by atoms with Crippen LogP contribution in [0.15, 0.2) is 12.1 Å². The summed E-state index contributed by atoms with van der Waals surface area (Å²) in [5.41, 5.74) is 1.32. The summed E-state index contributed by atoms with van der Waals surface area (Å²) < 4.78 is 21.0. The molecule has 320 valence electrons. The summed E-state index contributed by atoms with van der Waals surface area (Å²) in [5.74, 6) is 2.67. The van der Waals surface area contributed by atoms with Gasteiger partial charge in [0.2, 0.25) is 5.75 Å². The van der Waals surface area contributed by atoms with Crippen LogP contribution < -0.4 is 31.2 Å². The standard InChI is InChI=1S/C49H94NO3.BrH/c1-7-13-16-19-22-25-28-31-34-37-40-51-47-43-46(45-50(10-4,11-5)12-6)44-48(52-41-38-35-32-29-26-23-20-17-14-8-2)49(47)53-42-39-36-33-30-27-24-21-18-15-9-3;/h43-44H,7-42,45H2,1-6H3;1H/q+1;/p-1. The van der Waals surface area contributed by atoms with Crippen LogP contribution in [0.2, 0.25) is 0 Å². The van der Waals surface area contributed by atoms with Gasteiger partial charge in [-0.05, 0) is 52.2 Å². The van der Waals surface area contributed by atoms with Gasteiger partial charge in [0.25, 0.3) is 0 Å². The predicted octanol–water partition coefficient (Wildman–Crippen LogP) is 13.0. The van der Waals surface area contributed by atoms with Crippen molar-refractivity contribution in [2.45, 2.75) is 241 Å². The zero-order valence-corrected chi connectivity index (χ0v) is 39.0. The lowest BCUT2D eigenvalue weighted by Gasteiger charge is -2.36. The topological polar surface area (TPSA) is 27.7 Å². The Morgan fingerprint density at radius 3 is 0.889 bits per heavy atom. The average molecular weight is 825 g/mol. The zero-order valence-electron chi connectivity index (χ0n) is 37.4. The highest BCUT2D eigenvalue weighted by atomic mass is 79.9. The van der Waals surface area contributed by atoms with Crippen LogP contribution in [0.4, 0.5) is 0 Å². The second-order valence-electron chi connectivity index (χ2n) is 16.5. The highest BCUT2D eigenvalue weighted by Crippen LogP contribution is 2.40. The second kappa shape index (κ2) is 38.9. The molecule has 0 saturated carbocycles. The molecule has 0 aromatic heterocycles. The van der Waals surface area contributed by atoms with Gasteiger partial charge in [-0.1, -0.05) is 194 Å². The number of hydrogen-bond acceptors (Lipinski definition) is 3. The number of rotatable bonds is 41. The third kappa shape index (κ3) is 27.6. The molecular weight excluding hydrogens is 730 g/mol. The number of unbranched alkanes of at least 4 members (excludes halogenated alkanes) is 27. The molecule has 0 aliphatic rings. The van der Waals surface area contributed by atoms with Gasteiger partial charge in [0.1, 0.15) is 6.54 Å². The molecule has 0 aliphatic heterocycles. The summed E-state index contributed by atoms with van der Waals surface area (Å²) in [4.78, 5) is 0. The second-order valence-corrected chi connectivity index (χ2v) is 16.5. The molecule has 1 aromatic carbocycles. The number of ether oxygens (including phenoxy) is 3. The van der Waals surface area contributed by atoms with Crippen LogP contribution in [0.1, 0.15) is 240 Å². The molecule has 0 spiro atoms. The van der Waals surface area contributed by atoms with E-state index in [1.807, 2.05) is 0 Å². The molecule has 0 radical (unpaired) electrons. The minimum Gasteiger partial charge on any atom is -1.00 e. The lowest BCUT2D eigenvalue weighted by atomic mass is 10.1. The first kappa shape index (κ1) is 53.1. The van der Waals surface area contributed by atoms with Crippen molar-refractivity contribution in [1.29, 1.82) is 0 Å². The Labute approximate surface area is 349 Å². The fourth-order valence-corrected chi connectivity index (χ4v) is 7.78. The van der Waals surface area contributed by atoms with Gasteiger partial charge in [0.05, 0.1) is 39.5 Å². The molecule has 1 aromatic rings. The molecule has 0 atom stereocenters. The van der Waals surface area contributed by atoms with E-state index in [1.54, 1.807) is 0 Å². The number of hydrogen-bond donors (Lipinski definition) is 0. The zero-order chi connectivity index (χ0) is 38.5. The Hall–Kier alpha value is -0.940. The molecule has 0 saturated heterocycles. The molecule has 0 fully saturated rings. The Balaban J connectivity index is 0.0000281. The average Bonchev–Trinajstić information content (AvgIpc) is 3.17. The van der Waals surface area contributed by atoms with Crippen LogP contribution in [0, 0.1) is 0 Å². The maximum Gasteiger partial charge on any atom is 0.203 e. The fourth-order valence-electron chi connectivity index (χ4n) is 7.78. The number of benzene rings is 1. The van der Waals surface area contributed by atoms with Crippen molar-refractivity contribution in [3.05, 3.63) is 17.7 Å². The van der Waals surface area contributed by atoms with E-state index in [0.29, 0.717) is 0 Å². The molecular formula is C49H94BrNO3. The quantitative estimate of drug-likeness (QED) is 0.0486. The molecule has 4 nitrogen and oxygen atoms in total. The van der Waals surface area contributed by atoms with Gasteiger partial charge in [-0.3, -0.25) is 0 Å². The van der Waals surface area contributed by atoms with Crippen LogP contribution in [0.25, 0.3) is 0 Å². The van der Waals surface area contributed by atoms with E-state index in [4.69, 9.17) is 14.2 Å². The Morgan fingerprint density at radius 2 is 0.611 bits per heavy atom. The highest BCUT2D eigenvalue weighted by molar-refractivity contribution is 5.54. The lowest BCUT2D eigenvalue weighted by molar-refractivity contribution is -0.936. The van der Waals surface area contributed by atoms with Crippen molar-refractivity contribution in [2.75, 3.05) is 39.5 Å². The van der Waals surface area contributed by atoms with Gasteiger partial charge in [-0.15, -0.1) is 0 Å². The van der Waals surface area contributed by atoms with Crippen LogP contribution in [-0.2, 0) is 6.54 Å². The van der Waals surface area contributed by atoms with E-state index >= 15 is 0 Å². The molecule has 0 aliphatic carbocycles. The van der Waals surface area contributed by atoms with Crippen molar-refractivity contribution in [3.63, 3.8) is 0 Å². The molecule has 1 rings (SSSR count). The molecule has 0 amide bonds. The smallest absolute Gasteiger partial charge is 0.203 e. The van der Waals surface area contributed by atoms with Crippen LogP contribution >= 0.6 is 0 Å². The van der Waals surface area contributed by atoms with E-state index in [9.17, 15) is 0 Å². The van der Waals surface area contributed by atoms with Crippen LogP contribution in [0.3, 0.4) is 0 Å². The largest absolute Gasteiger partial charge is 1.00 e. The number of nitrogens with zero attached hydrogens (tertiary/aromatic N) is 1. The summed E-state index contributed by atoms with van der Waals surface area (Å²) in [5, 5.41) is 0. The van der Waals surface area contributed by atoms with Gasteiger partial charge in [-0.25, -0.2) is 0 Å². The minimum atomic E-state index is 0. The van der Waals surface area contributed by atoms with Crippen molar-refractivity contribution >= 4 is 0 Å². The van der Waals surface area contributed by atoms with Gasteiger partial charge >= 0.3 is 0 Å². The molecule has 0 N–H and O–H groups in total. The van der Waals surface area contributed by atoms with Gasteiger partial charge in [0, 0.05) is 5.56 Å². The first-order valence-corrected chi connectivity index (χ1v) is 24.0. The summed E-state index contributed by atoms with van der Waals surface area (Å²) in [6.45, 7) is 20.5. The van der Waals surface area contributed by atoms with Crippen LogP contribution in [0.5, 0.6) is 17.2 Å². The SMILES string of the molecule is CCCCCCCCCCCCOc1cc(C[N+](CC)(CC)CC)cc(OCCCCCCCCCCCC)c1OCCCCCCCCCCCC.[Br-]. The van der Waals surface area contributed by atoms with Crippen LogP contribution in [-0.4, -0.2) is 43.9 Å². The van der Waals surface area contributed by atoms with E-state index < -0.39 is 0 Å². The summed E-state index contributed by atoms with van der Waals surface area (Å²) in [6, 6.07) is 4.59. The van der Waals surface area contributed by atoms with E-state index in [1.165, 1.54) is 179 Å². The number of quaternary nitrogens is 1. The third-order valence-electron chi connectivity index (χ3n) is 11.9. The molecule has 0 unspecified atom stereocenters. The van der Waals surface area contributed by atoms with Crippen molar-refractivity contribution in [1.82, 2.24) is 0 Å². The molecule has 5 heteroatoms. The Morgan fingerprint density at radius 1 is 0.352 bits per heavy atom. The first-order valence-electron chi connectivity index (χ1n) is 24.0. The van der Waals surface area contributed by atoms with E-state index in [2.05, 4.69) is 53.7 Å². The Bertz CT molecular complexity index is 865. The molecule has 54 heavy (non-hydrogen) atoms. The summed E-state index contributed by atoms with van der Waals surface area (Å²) in [7, 11) is 0. The van der Waals surface area contributed by atoms with Crippen molar-refractivity contribution in [3.8, 4) is 17.2 Å². The maximum atomic E-state index is 6.65. The summed E-state index contributed by atoms with van der Waals surface area (Å²) in [6.07, 6.45) is 40.0. The van der Waals surface area contributed by atoms with E-state index in [-0.39, 0.29) is 17.0 Å². The third-order valence-corrected chi connectivity index (χ3v) is 11.9. The van der Waals surface area contributed by atoms with Gasteiger partial charge in [0.15, 0.2) is 11.5 Å². The summed E-state index contributed by atoms with van der Waals surface area (Å²) >= 11 is 0. The highest BCUT2D eigenvalue weighted by Gasteiger charge is 2.24. The van der Waals surface area contributed by atoms with E-state index in [0.717, 1.165) is 87.0 Å². The monoisotopic (exact) mass is 824 g/mol. The fraction of sp³-hybridized carbons (Fsp3) is 0.878. The maximum absolute atomic E-state index is 6.65. The predicted molar refractivity (Wildman–Crippen MR) is 234 cm³/mol. The molecule has 0 heterocycles. The molecule has 0 bridgehead atoms. The van der Waals surface area contributed by atoms with Gasteiger partial charge in [-0.2, -0.15) is 0 Å². The van der Waals surface area contributed by atoms with Gasteiger partial charge < -0.3 is 35.7 Å². The van der Waals surface area contributed by atoms with Crippen molar-refractivity contribution < 1.29 is 35.7 Å². The lowest BCUT2D eigenvalue weighted by Crippen LogP contribution is -3.00. The van der Waals surface area contributed by atoms with Crippen molar-refractivity contribution in [2.24, 2.45) is 0 Å². The normalized spacial score (nSPS) is 11.5. The number of halogens is 1. The first-order chi connectivity index (χ1) is 26.1. The minimum absolute atomic E-state index is 0. The Kier molecular flexibility index (Phi) is 38.2.